The first-order valence-corrected chi connectivity index (χ1v) is 11.0. The van der Waals surface area contributed by atoms with Crippen LogP contribution >= 0.6 is 0 Å². The summed E-state index contributed by atoms with van der Waals surface area (Å²) in [4.78, 5) is 11.9. The Balaban J connectivity index is 1.56. The number of hydrogen-bond acceptors (Lipinski definition) is 5. The molecule has 10 heteroatoms. The third kappa shape index (κ3) is 6.17. The predicted octanol–water partition coefficient (Wildman–Crippen LogP) is 4.18. The van der Waals surface area contributed by atoms with E-state index in [1.165, 1.54) is 30.3 Å². The normalized spacial score (nSPS) is 11.0. The van der Waals surface area contributed by atoms with Gasteiger partial charge < -0.3 is 14.8 Å². The first-order valence-electron chi connectivity index (χ1n) is 9.50. The van der Waals surface area contributed by atoms with Gasteiger partial charge in [-0.3, -0.25) is 9.52 Å². The van der Waals surface area contributed by atoms with Gasteiger partial charge in [-0.15, -0.1) is 0 Å². The maximum Gasteiger partial charge on any atom is 0.262 e. The minimum atomic E-state index is -3.83. The number of hydrogen-bond donors (Lipinski definition) is 2. The van der Waals surface area contributed by atoms with E-state index in [0.717, 1.165) is 12.1 Å². The summed E-state index contributed by atoms with van der Waals surface area (Å²) >= 11 is 0. The first kappa shape index (κ1) is 23.0. The number of rotatable bonds is 9. The summed E-state index contributed by atoms with van der Waals surface area (Å²) in [5, 5.41) is 2.37. The lowest BCUT2D eigenvalue weighted by Gasteiger charge is -2.11. The van der Waals surface area contributed by atoms with Crippen molar-refractivity contribution in [2.75, 3.05) is 23.3 Å². The fourth-order valence-electron chi connectivity index (χ4n) is 2.63. The van der Waals surface area contributed by atoms with Crippen molar-refractivity contribution >= 4 is 27.3 Å². The molecular formula is C22H20F2N2O5S. The van der Waals surface area contributed by atoms with E-state index in [2.05, 4.69) is 10.0 Å². The molecule has 2 N–H and O–H groups in total. The fourth-order valence-corrected chi connectivity index (χ4v) is 3.69. The zero-order valence-corrected chi connectivity index (χ0v) is 17.8. The van der Waals surface area contributed by atoms with Crippen molar-refractivity contribution in [3.63, 3.8) is 0 Å². The minimum absolute atomic E-state index is 0.00461. The van der Waals surface area contributed by atoms with Crippen LogP contribution in [-0.4, -0.2) is 27.5 Å². The largest absolute Gasteiger partial charge is 0.494 e. The molecule has 1 amide bonds. The molecule has 0 aliphatic carbocycles. The highest BCUT2D eigenvalue weighted by molar-refractivity contribution is 7.92. The summed E-state index contributed by atoms with van der Waals surface area (Å²) < 4.78 is 64.3. The van der Waals surface area contributed by atoms with E-state index in [1.807, 2.05) is 6.92 Å². The number of anilines is 2. The Morgan fingerprint density at radius 1 is 0.844 bits per heavy atom. The predicted molar refractivity (Wildman–Crippen MR) is 115 cm³/mol. The Morgan fingerprint density at radius 3 is 2.06 bits per heavy atom. The van der Waals surface area contributed by atoms with Gasteiger partial charge in [-0.25, -0.2) is 17.2 Å². The van der Waals surface area contributed by atoms with Crippen molar-refractivity contribution in [2.24, 2.45) is 0 Å². The molecule has 3 aromatic rings. The molecule has 0 aliphatic rings. The van der Waals surface area contributed by atoms with Gasteiger partial charge in [0.15, 0.2) is 18.2 Å². The van der Waals surface area contributed by atoms with Gasteiger partial charge in [-0.1, -0.05) is 0 Å². The highest BCUT2D eigenvalue weighted by Gasteiger charge is 2.15. The van der Waals surface area contributed by atoms with E-state index in [0.29, 0.717) is 18.0 Å². The van der Waals surface area contributed by atoms with Crippen LogP contribution in [0.25, 0.3) is 0 Å². The van der Waals surface area contributed by atoms with E-state index in [-0.39, 0.29) is 16.3 Å². The third-order valence-electron chi connectivity index (χ3n) is 4.12. The molecule has 0 atom stereocenters. The van der Waals surface area contributed by atoms with Gasteiger partial charge in [0.1, 0.15) is 11.5 Å². The lowest BCUT2D eigenvalue weighted by molar-refractivity contribution is -0.118. The zero-order chi connectivity index (χ0) is 23.1. The van der Waals surface area contributed by atoms with Crippen molar-refractivity contribution in [1.29, 1.82) is 0 Å². The SMILES string of the molecule is CCOc1ccc(NS(=O)(=O)c2ccc(OCC(=O)Nc3ccc(F)c(F)c3)cc2)cc1. The number of amides is 1. The molecule has 0 unspecified atom stereocenters. The fraction of sp³-hybridized carbons (Fsp3) is 0.136. The molecule has 0 aliphatic heterocycles. The van der Waals surface area contributed by atoms with Gasteiger partial charge in [-0.05, 0) is 67.6 Å². The molecule has 0 saturated carbocycles. The second kappa shape index (κ2) is 10.1. The smallest absolute Gasteiger partial charge is 0.262 e. The van der Waals surface area contributed by atoms with Crippen LogP contribution in [-0.2, 0) is 14.8 Å². The molecule has 3 aromatic carbocycles. The number of carbonyl (C=O) groups is 1. The van der Waals surface area contributed by atoms with Crippen molar-refractivity contribution in [1.82, 2.24) is 0 Å². The molecule has 7 nitrogen and oxygen atoms in total. The molecule has 0 spiro atoms. The Hall–Kier alpha value is -3.66. The van der Waals surface area contributed by atoms with Crippen LogP contribution in [0.2, 0.25) is 0 Å². The summed E-state index contributed by atoms with van der Waals surface area (Å²) in [5.41, 5.74) is 0.460. The molecule has 0 bridgehead atoms. The number of benzene rings is 3. The molecule has 3 rings (SSSR count). The molecule has 0 radical (unpaired) electrons. The number of halogens is 2. The zero-order valence-electron chi connectivity index (χ0n) is 17.0. The van der Waals surface area contributed by atoms with Crippen LogP contribution in [0.15, 0.2) is 71.6 Å². The standard InChI is InChI=1S/C22H20F2N2O5S/c1-2-30-17-6-3-15(4-7-17)26-32(28,29)19-10-8-18(9-11-19)31-14-22(27)25-16-5-12-20(23)21(24)13-16/h3-13,26H,2,14H2,1H3,(H,25,27). The summed E-state index contributed by atoms with van der Waals surface area (Å²) in [7, 11) is -3.83. The van der Waals surface area contributed by atoms with Crippen molar-refractivity contribution in [3.8, 4) is 11.5 Å². The van der Waals surface area contributed by atoms with Crippen molar-refractivity contribution in [3.05, 3.63) is 78.4 Å². The van der Waals surface area contributed by atoms with Gasteiger partial charge in [0.05, 0.1) is 11.5 Å². The molecule has 0 heterocycles. The summed E-state index contributed by atoms with van der Waals surface area (Å²) in [6.45, 7) is 1.95. The van der Waals surface area contributed by atoms with Crippen LogP contribution in [0.1, 0.15) is 6.92 Å². The number of ether oxygens (including phenoxy) is 2. The average molecular weight is 462 g/mol. The van der Waals surface area contributed by atoms with Crippen molar-refractivity contribution in [2.45, 2.75) is 11.8 Å². The number of nitrogens with one attached hydrogen (secondary N) is 2. The van der Waals surface area contributed by atoms with Gasteiger partial charge in [0, 0.05) is 17.4 Å². The lowest BCUT2D eigenvalue weighted by atomic mass is 10.3. The minimum Gasteiger partial charge on any atom is -0.494 e. The quantitative estimate of drug-likeness (QED) is 0.498. The third-order valence-corrected chi connectivity index (χ3v) is 5.52. The van der Waals surface area contributed by atoms with Gasteiger partial charge in [0.25, 0.3) is 15.9 Å². The van der Waals surface area contributed by atoms with Gasteiger partial charge in [-0.2, -0.15) is 0 Å². The van der Waals surface area contributed by atoms with Gasteiger partial charge >= 0.3 is 0 Å². The van der Waals surface area contributed by atoms with E-state index in [9.17, 15) is 22.0 Å². The first-order chi connectivity index (χ1) is 15.3. The van der Waals surface area contributed by atoms with Crippen LogP contribution < -0.4 is 19.5 Å². The Kier molecular flexibility index (Phi) is 7.26. The Bertz CT molecular complexity index is 1180. The summed E-state index contributed by atoms with van der Waals surface area (Å²) in [6.07, 6.45) is 0. The molecule has 0 fully saturated rings. The summed E-state index contributed by atoms with van der Waals surface area (Å²) in [5.74, 6) is -1.81. The molecule has 168 valence electrons. The Morgan fingerprint density at radius 2 is 1.44 bits per heavy atom. The highest BCUT2D eigenvalue weighted by Crippen LogP contribution is 2.21. The van der Waals surface area contributed by atoms with Crippen molar-refractivity contribution < 1.29 is 31.5 Å². The number of carbonyl (C=O) groups excluding carboxylic acids is 1. The Labute approximate surface area is 184 Å². The monoisotopic (exact) mass is 462 g/mol. The lowest BCUT2D eigenvalue weighted by Crippen LogP contribution is -2.20. The van der Waals surface area contributed by atoms with Crippen LogP contribution in [0.3, 0.4) is 0 Å². The average Bonchev–Trinajstić information content (AvgIpc) is 2.76. The molecule has 0 aromatic heterocycles. The molecule has 0 saturated heterocycles. The topological polar surface area (TPSA) is 93.7 Å². The van der Waals surface area contributed by atoms with Crippen LogP contribution in [0.5, 0.6) is 11.5 Å². The van der Waals surface area contributed by atoms with E-state index < -0.39 is 34.2 Å². The second-order valence-corrected chi connectivity index (χ2v) is 8.18. The summed E-state index contributed by atoms with van der Waals surface area (Å²) in [6, 6.07) is 14.9. The molecular weight excluding hydrogens is 442 g/mol. The van der Waals surface area contributed by atoms with E-state index in [4.69, 9.17) is 9.47 Å². The highest BCUT2D eigenvalue weighted by atomic mass is 32.2. The van der Waals surface area contributed by atoms with Crippen LogP contribution in [0, 0.1) is 11.6 Å². The van der Waals surface area contributed by atoms with E-state index in [1.54, 1.807) is 24.3 Å². The maximum atomic E-state index is 13.2. The molecule has 32 heavy (non-hydrogen) atoms. The second-order valence-electron chi connectivity index (χ2n) is 6.50. The van der Waals surface area contributed by atoms with Gasteiger partial charge in [0.2, 0.25) is 0 Å². The van der Waals surface area contributed by atoms with E-state index >= 15 is 0 Å². The van der Waals surface area contributed by atoms with Crippen LogP contribution in [0.4, 0.5) is 20.2 Å². The number of sulfonamides is 1. The maximum absolute atomic E-state index is 13.2.